The van der Waals surface area contributed by atoms with Crippen LogP contribution in [0, 0.1) is 6.92 Å². The van der Waals surface area contributed by atoms with E-state index in [9.17, 15) is 98.9 Å². The second kappa shape index (κ2) is 34.0. The fourth-order valence-electron chi connectivity index (χ4n) is 6.83. The number of alkyl halides is 10. The van der Waals surface area contributed by atoms with Crippen molar-refractivity contribution in [3.8, 4) is 23.5 Å². The molecule has 4 amide bonds. The molecule has 95 heavy (non-hydrogen) atoms. The molecule has 2 unspecified atom stereocenters. The molecular formula is C50H52ClF10N12O19PS2. The van der Waals surface area contributed by atoms with Crippen molar-refractivity contribution in [2.24, 2.45) is 12.8 Å². The maximum absolute atomic E-state index is 12.9. The highest BCUT2D eigenvalue weighted by Gasteiger charge is 2.36. The Hall–Kier alpha value is -9.58. The number of aromatic nitrogens is 7. The molecule has 0 aliphatic heterocycles. The van der Waals surface area contributed by atoms with Crippen molar-refractivity contribution in [1.29, 1.82) is 0 Å². The van der Waals surface area contributed by atoms with E-state index in [-0.39, 0.29) is 52.2 Å². The number of anilines is 2. The predicted octanol–water partition coefficient (Wildman–Crippen LogP) is 6.54. The maximum atomic E-state index is 12.9. The van der Waals surface area contributed by atoms with Gasteiger partial charge in [-0.25, -0.2) is 54.8 Å². The van der Waals surface area contributed by atoms with E-state index in [0.29, 0.717) is 21.3 Å². The van der Waals surface area contributed by atoms with Gasteiger partial charge < -0.3 is 39.8 Å². The third kappa shape index (κ3) is 26.4. The number of nitrogens with zero attached hydrogens (tertiary/aromatic N) is 7. The Labute approximate surface area is 533 Å². The molecule has 0 radical (unpaired) electrons. The number of amides is 4. The number of rotatable bonds is 21. The molecule has 6 rings (SSSR count). The number of aliphatic carboxylic acids is 1. The Balaban J connectivity index is 0.000000344. The topological polar surface area (TPSA) is 451 Å². The number of aryl methyl sites for hydroxylation is 2. The van der Waals surface area contributed by atoms with Crippen LogP contribution in [0.4, 0.5) is 65.4 Å². The lowest BCUT2D eigenvalue weighted by Gasteiger charge is -2.15. The van der Waals surface area contributed by atoms with E-state index in [1.165, 1.54) is 67.9 Å². The molecule has 0 saturated carbocycles. The number of sulfonamides is 2. The summed E-state index contributed by atoms with van der Waals surface area (Å²) in [7, 11) is -10.1. The first-order chi connectivity index (χ1) is 43.7. The van der Waals surface area contributed by atoms with Crippen LogP contribution in [0.15, 0.2) is 98.2 Å². The smallest absolute Gasteiger partial charge is 0.431 e. The molecule has 2 atom stereocenters. The first-order valence-electron chi connectivity index (χ1n) is 25.6. The van der Waals surface area contributed by atoms with Crippen molar-refractivity contribution >= 4 is 80.9 Å². The number of esters is 1. The molecule has 0 aliphatic carbocycles. The number of hydrogen-bond acceptors (Lipinski definition) is 22. The average molecular weight is 1450 g/mol. The molecule has 3 aromatic heterocycles. The fraction of sp³-hybridized carbons (Fsp3) is 0.320. The number of aromatic carboxylic acids is 1. The first-order valence-corrected chi connectivity index (χ1v) is 31.3. The largest absolute Gasteiger partial charge is 0.480 e. The number of carboxylic acids is 2. The minimum absolute atomic E-state index is 0.0104. The third-order valence-electron chi connectivity index (χ3n) is 10.8. The summed E-state index contributed by atoms with van der Waals surface area (Å²) in [6.07, 6.45) is -11.5. The Morgan fingerprint density at radius 2 is 1.26 bits per heavy atom. The average Bonchev–Trinajstić information content (AvgIpc) is 0.783. The van der Waals surface area contributed by atoms with Gasteiger partial charge in [0, 0.05) is 32.4 Å². The number of carbonyl (C=O) groups excluding carboxylic acids is 3. The van der Waals surface area contributed by atoms with E-state index < -0.39 is 158 Å². The van der Waals surface area contributed by atoms with Gasteiger partial charge in [0.05, 0.1) is 46.0 Å². The van der Waals surface area contributed by atoms with Crippen LogP contribution in [-0.4, -0.2) is 147 Å². The van der Waals surface area contributed by atoms with Crippen LogP contribution >= 0.6 is 19.0 Å². The van der Waals surface area contributed by atoms with Gasteiger partial charge in [-0.3, -0.25) is 29.4 Å². The van der Waals surface area contributed by atoms with E-state index in [0.717, 1.165) is 31.3 Å². The summed E-state index contributed by atoms with van der Waals surface area (Å²) >= 11 is 5.94. The van der Waals surface area contributed by atoms with Crippen LogP contribution in [0.5, 0.6) is 17.8 Å². The molecule has 0 fully saturated rings. The van der Waals surface area contributed by atoms with Crippen molar-refractivity contribution in [1.82, 2.24) is 43.5 Å². The van der Waals surface area contributed by atoms with Crippen LogP contribution in [-0.2, 0) is 53.8 Å². The zero-order valence-electron chi connectivity index (χ0n) is 49.1. The summed E-state index contributed by atoms with van der Waals surface area (Å²) in [6, 6.07) is 9.91. The van der Waals surface area contributed by atoms with E-state index in [1.807, 2.05) is 0 Å². The molecule has 0 bridgehead atoms. The van der Waals surface area contributed by atoms with E-state index >= 15 is 0 Å². The van der Waals surface area contributed by atoms with Crippen LogP contribution in [0.3, 0.4) is 0 Å². The van der Waals surface area contributed by atoms with Crippen molar-refractivity contribution in [2.45, 2.75) is 87.5 Å². The van der Waals surface area contributed by atoms with Gasteiger partial charge in [-0.15, -0.1) is 0 Å². The number of carbonyl (C=O) groups is 5. The van der Waals surface area contributed by atoms with Gasteiger partial charge in [0.1, 0.15) is 22.5 Å². The molecule has 9 N–H and O–H groups in total. The standard InChI is InChI=1S/C16H14ClF3N2O4.C15H16F3N5O4S.C14H10F4N4O7S.C5H12NO4P/c1-8(2)26-14(24)10-6-9(4-5-11(10)17)22-13(23)7-12(16(18,19)20)21(3)15(22)25;1-9-19-12(22-14(20-9)27-2)21-13(24)23-28(25,26)11-6-4-3-5-10(11)7-8-15(16,17)18;15-11(16)28-8-5-9(29-12(17)18)20-13(19-8)21-14(25)22-30(26,27)7-4-2-1-3-6(7)10(23)24;1-11(9,10)3-2-4(6)5(7)8/h4-8H,1-3H3;3-6H,7-8H2,1-2H3,(H2,19,20,21,22,23,24);1-5,11-12H,(H,23,24)(H2,19,20,21,22,25);4H,2-3,6H2,1H3,(H,7,8)(H,9,10). The number of urea groups is 2. The lowest BCUT2D eigenvalue weighted by atomic mass is 10.1. The summed E-state index contributed by atoms with van der Waals surface area (Å²) < 4.78 is 207. The molecule has 0 saturated heterocycles. The van der Waals surface area contributed by atoms with Gasteiger partial charge in [0.15, 0.2) is 7.37 Å². The molecule has 520 valence electrons. The number of methoxy groups -OCH3 is 1. The number of nitrogens with one attached hydrogen (secondary N) is 4. The lowest BCUT2D eigenvalue weighted by molar-refractivity contribution is -0.144. The number of hydrogen-bond donors (Lipinski definition) is 8. The van der Waals surface area contributed by atoms with Gasteiger partial charge in [-0.2, -0.15) is 68.8 Å². The summed E-state index contributed by atoms with van der Waals surface area (Å²) in [6.45, 7) is -0.900. The first kappa shape index (κ1) is 79.7. The van der Waals surface area contributed by atoms with Crippen LogP contribution in [0.2, 0.25) is 5.02 Å². The highest BCUT2D eigenvalue weighted by Crippen LogP contribution is 2.36. The molecule has 3 heterocycles. The number of halogens is 11. The predicted molar refractivity (Wildman–Crippen MR) is 308 cm³/mol. The highest BCUT2D eigenvalue weighted by molar-refractivity contribution is 7.90. The zero-order valence-corrected chi connectivity index (χ0v) is 52.4. The maximum Gasteiger partial charge on any atom is 0.431 e. The normalized spacial score (nSPS) is 12.4. The molecule has 6 aromatic rings. The second-order valence-electron chi connectivity index (χ2n) is 18.6. The van der Waals surface area contributed by atoms with Gasteiger partial charge in [0.25, 0.3) is 25.6 Å². The summed E-state index contributed by atoms with van der Waals surface area (Å²) in [5.74, 6) is -6.43. The molecule has 31 nitrogen and oxygen atoms in total. The van der Waals surface area contributed by atoms with Crippen molar-refractivity contribution in [3.63, 3.8) is 0 Å². The SMILES string of the molecule is CC(C)OC(=O)c1cc(-n2c(=O)cc(C(F)(F)F)n(C)c2=O)ccc1Cl.COc1nc(C)nc(NC(=O)NS(=O)(=O)c2ccccc2CCC(F)(F)F)n1.CP(=O)(O)CCC(N)C(=O)O.O=C(Nc1nc(OC(F)F)cc(OC(F)F)n1)NS(=O)(=O)c1ccccc1C(=O)O. The van der Waals surface area contributed by atoms with Gasteiger partial charge in [-0.05, 0) is 75.6 Å². The summed E-state index contributed by atoms with van der Waals surface area (Å²) in [4.78, 5) is 107. The van der Waals surface area contributed by atoms with E-state index in [4.69, 9.17) is 41.9 Å². The molecule has 0 spiro atoms. The zero-order chi connectivity index (χ0) is 72.3. The van der Waals surface area contributed by atoms with Crippen LogP contribution < -0.4 is 51.3 Å². The van der Waals surface area contributed by atoms with Gasteiger partial charge in [-0.1, -0.05) is 41.9 Å². The Morgan fingerprint density at radius 3 is 1.75 bits per heavy atom. The second-order valence-corrected chi connectivity index (χ2v) is 24.9. The number of benzene rings is 3. The fourth-order valence-corrected chi connectivity index (χ4v) is 10.1. The lowest BCUT2D eigenvalue weighted by Crippen LogP contribution is -2.40. The molecular weight excluding hydrogens is 1390 g/mol. The number of nitrogens with two attached hydrogens (primary N) is 1. The Morgan fingerprint density at radius 1 is 0.747 bits per heavy atom. The number of carboxylic acid groups (broad SMARTS) is 2. The number of ether oxygens (including phenoxy) is 4. The van der Waals surface area contributed by atoms with Crippen LogP contribution in [0.1, 0.15) is 64.5 Å². The summed E-state index contributed by atoms with van der Waals surface area (Å²) in [5.41, 5.74) is 0.371. The summed E-state index contributed by atoms with van der Waals surface area (Å²) in [5, 5.41) is 21.1. The molecule has 45 heteroatoms. The monoisotopic (exact) mass is 1440 g/mol. The van der Waals surface area contributed by atoms with Crippen molar-refractivity contribution < 1.29 is 123 Å². The van der Waals surface area contributed by atoms with Gasteiger partial charge >= 0.3 is 67.2 Å². The minimum Gasteiger partial charge on any atom is -0.480 e. The van der Waals surface area contributed by atoms with E-state index in [2.05, 4.69) is 39.7 Å². The van der Waals surface area contributed by atoms with E-state index in [1.54, 1.807) is 23.9 Å². The van der Waals surface area contributed by atoms with Crippen molar-refractivity contribution in [3.05, 3.63) is 133 Å². The Bertz CT molecular complexity index is 4140. The highest BCUT2D eigenvalue weighted by atomic mass is 35.5. The van der Waals surface area contributed by atoms with Gasteiger partial charge in [0.2, 0.25) is 23.7 Å². The molecule has 0 aliphatic rings. The Kier molecular flexibility index (Phi) is 28.5. The van der Waals surface area contributed by atoms with Crippen molar-refractivity contribution in [2.75, 3.05) is 30.6 Å². The third-order valence-corrected chi connectivity index (χ3v) is 15.1. The van der Waals surface area contributed by atoms with Crippen LogP contribution in [0.25, 0.3) is 5.69 Å². The molecule has 3 aromatic carbocycles. The quantitative estimate of drug-likeness (QED) is 0.0215. The minimum atomic E-state index is -4.86.